The van der Waals surface area contributed by atoms with Gasteiger partial charge in [-0.25, -0.2) is 0 Å². The number of hydrogen-bond donors (Lipinski definition) is 2. The van der Waals surface area contributed by atoms with Crippen LogP contribution in [-0.4, -0.2) is 24.1 Å². The molecule has 0 aromatic heterocycles. The van der Waals surface area contributed by atoms with E-state index in [4.69, 9.17) is 0 Å². The molecule has 0 radical (unpaired) electrons. The van der Waals surface area contributed by atoms with Crippen molar-refractivity contribution in [2.75, 3.05) is 14.1 Å². The maximum absolute atomic E-state index is 9.42. The Morgan fingerprint density at radius 2 is 2.08 bits per heavy atom. The fourth-order valence-corrected chi connectivity index (χ4v) is 1.27. The van der Waals surface area contributed by atoms with Crippen LogP contribution in [-0.2, 0) is 6.54 Å². The molecule has 0 saturated heterocycles. The van der Waals surface area contributed by atoms with E-state index >= 15 is 0 Å². The average Bonchev–Trinajstić information content (AvgIpc) is 1.96. The van der Waals surface area contributed by atoms with E-state index in [1.807, 2.05) is 25.1 Å². The van der Waals surface area contributed by atoms with Gasteiger partial charge < -0.3 is 10.0 Å². The Bertz CT molecular complexity index is 273. The SMILES string of the molecule is CN(C)Cc1cc(S)ccc1O. The molecular formula is C9H13NOS. The van der Waals surface area contributed by atoms with Crippen LogP contribution in [0.15, 0.2) is 23.1 Å². The highest BCUT2D eigenvalue weighted by molar-refractivity contribution is 7.80. The van der Waals surface area contributed by atoms with Crippen LogP contribution in [0.3, 0.4) is 0 Å². The van der Waals surface area contributed by atoms with Crippen LogP contribution in [0.1, 0.15) is 5.56 Å². The number of thiol groups is 1. The third-order valence-electron chi connectivity index (χ3n) is 1.55. The molecule has 1 aromatic carbocycles. The van der Waals surface area contributed by atoms with Crippen molar-refractivity contribution in [3.63, 3.8) is 0 Å². The van der Waals surface area contributed by atoms with Crippen LogP contribution < -0.4 is 0 Å². The Hall–Kier alpha value is -0.670. The maximum Gasteiger partial charge on any atom is 0.120 e. The molecular weight excluding hydrogens is 170 g/mol. The molecule has 0 bridgehead atoms. The van der Waals surface area contributed by atoms with Crippen molar-refractivity contribution in [1.82, 2.24) is 4.90 Å². The Morgan fingerprint density at radius 3 is 2.67 bits per heavy atom. The van der Waals surface area contributed by atoms with Gasteiger partial charge in [0.25, 0.3) is 0 Å². The molecule has 3 heteroatoms. The number of aromatic hydroxyl groups is 1. The summed E-state index contributed by atoms with van der Waals surface area (Å²) in [6, 6.07) is 5.32. The van der Waals surface area contributed by atoms with Gasteiger partial charge in [0, 0.05) is 17.0 Å². The number of rotatable bonds is 2. The molecule has 0 atom stereocenters. The van der Waals surface area contributed by atoms with Crippen molar-refractivity contribution in [1.29, 1.82) is 0 Å². The maximum atomic E-state index is 9.42. The first-order chi connectivity index (χ1) is 5.59. The number of nitrogens with zero attached hydrogens (tertiary/aromatic N) is 1. The third-order valence-corrected chi connectivity index (χ3v) is 1.83. The second-order valence-electron chi connectivity index (χ2n) is 3.05. The molecule has 0 spiro atoms. The van der Waals surface area contributed by atoms with Gasteiger partial charge in [-0.15, -0.1) is 12.6 Å². The van der Waals surface area contributed by atoms with E-state index in [0.717, 1.165) is 17.0 Å². The highest BCUT2D eigenvalue weighted by Crippen LogP contribution is 2.21. The standard InChI is InChI=1S/C9H13NOS/c1-10(2)6-7-5-8(12)3-4-9(7)11/h3-5,11-12H,6H2,1-2H3. The summed E-state index contributed by atoms with van der Waals surface area (Å²) in [6.07, 6.45) is 0. The quantitative estimate of drug-likeness (QED) is 0.682. The zero-order valence-corrected chi connectivity index (χ0v) is 8.18. The molecule has 2 nitrogen and oxygen atoms in total. The highest BCUT2D eigenvalue weighted by Gasteiger charge is 2.01. The van der Waals surface area contributed by atoms with Gasteiger partial charge in [-0.05, 0) is 32.3 Å². The first-order valence-electron chi connectivity index (χ1n) is 3.75. The number of phenolic OH excluding ortho intramolecular Hbond substituents is 1. The summed E-state index contributed by atoms with van der Waals surface area (Å²) in [5, 5.41) is 9.42. The van der Waals surface area contributed by atoms with Crippen LogP contribution in [0.2, 0.25) is 0 Å². The minimum absolute atomic E-state index is 0.335. The summed E-state index contributed by atoms with van der Waals surface area (Å²) in [5.74, 6) is 0.335. The van der Waals surface area contributed by atoms with Gasteiger partial charge in [0.15, 0.2) is 0 Å². The van der Waals surface area contributed by atoms with E-state index in [0.29, 0.717) is 5.75 Å². The summed E-state index contributed by atoms with van der Waals surface area (Å²) in [5.41, 5.74) is 0.910. The van der Waals surface area contributed by atoms with E-state index in [1.54, 1.807) is 12.1 Å². The lowest BCUT2D eigenvalue weighted by atomic mass is 10.2. The Balaban J connectivity index is 2.90. The molecule has 0 aliphatic rings. The van der Waals surface area contributed by atoms with Crippen molar-refractivity contribution in [2.45, 2.75) is 11.4 Å². The summed E-state index contributed by atoms with van der Waals surface area (Å²) in [7, 11) is 3.93. The van der Waals surface area contributed by atoms with Gasteiger partial charge in [0.1, 0.15) is 5.75 Å². The predicted octanol–water partition coefficient (Wildman–Crippen LogP) is 1.74. The lowest BCUT2D eigenvalue weighted by molar-refractivity contribution is 0.385. The van der Waals surface area contributed by atoms with Crippen molar-refractivity contribution in [3.8, 4) is 5.75 Å². The lowest BCUT2D eigenvalue weighted by Crippen LogP contribution is -2.10. The molecule has 66 valence electrons. The van der Waals surface area contributed by atoms with Crippen LogP contribution in [0.25, 0.3) is 0 Å². The van der Waals surface area contributed by atoms with Gasteiger partial charge in [0.2, 0.25) is 0 Å². The molecule has 0 aliphatic heterocycles. The van der Waals surface area contributed by atoms with Gasteiger partial charge in [-0.1, -0.05) is 0 Å². The second kappa shape index (κ2) is 3.83. The topological polar surface area (TPSA) is 23.5 Å². The van der Waals surface area contributed by atoms with E-state index in [2.05, 4.69) is 12.6 Å². The first-order valence-corrected chi connectivity index (χ1v) is 4.20. The molecule has 0 heterocycles. The average molecular weight is 183 g/mol. The van der Waals surface area contributed by atoms with Crippen LogP contribution >= 0.6 is 12.6 Å². The van der Waals surface area contributed by atoms with Crippen molar-refractivity contribution < 1.29 is 5.11 Å². The zero-order valence-electron chi connectivity index (χ0n) is 7.28. The molecule has 0 saturated carbocycles. The summed E-state index contributed by atoms with van der Waals surface area (Å²) in [6.45, 7) is 0.736. The largest absolute Gasteiger partial charge is 0.508 e. The first kappa shape index (κ1) is 9.42. The van der Waals surface area contributed by atoms with Crippen LogP contribution in [0.5, 0.6) is 5.75 Å². The molecule has 0 unspecified atom stereocenters. The van der Waals surface area contributed by atoms with Crippen molar-refractivity contribution in [3.05, 3.63) is 23.8 Å². The molecule has 1 aromatic rings. The Morgan fingerprint density at radius 1 is 1.42 bits per heavy atom. The molecule has 0 aliphatic carbocycles. The van der Waals surface area contributed by atoms with E-state index in [9.17, 15) is 5.11 Å². The number of phenols is 1. The second-order valence-corrected chi connectivity index (χ2v) is 3.57. The highest BCUT2D eigenvalue weighted by atomic mass is 32.1. The van der Waals surface area contributed by atoms with Gasteiger partial charge in [0.05, 0.1) is 0 Å². The summed E-state index contributed by atoms with van der Waals surface area (Å²) >= 11 is 4.19. The fraction of sp³-hybridized carbons (Fsp3) is 0.333. The Kier molecular flexibility index (Phi) is 3.00. The van der Waals surface area contributed by atoms with Gasteiger partial charge >= 0.3 is 0 Å². The molecule has 0 fully saturated rings. The molecule has 0 amide bonds. The predicted molar refractivity (Wildman–Crippen MR) is 52.7 cm³/mol. The minimum atomic E-state index is 0.335. The van der Waals surface area contributed by atoms with Gasteiger partial charge in [-0.2, -0.15) is 0 Å². The zero-order chi connectivity index (χ0) is 9.14. The number of hydrogen-bond acceptors (Lipinski definition) is 3. The van der Waals surface area contributed by atoms with Crippen LogP contribution in [0, 0.1) is 0 Å². The third kappa shape index (κ3) is 2.43. The minimum Gasteiger partial charge on any atom is -0.508 e. The molecule has 1 rings (SSSR count). The monoisotopic (exact) mass is 183 g/mol. The van der Waals surface area contributed by atoms with Crippen molar-refractivity contribution in [2.24, 2.45) is 0 Å². The summed E-state index contributed by atoms with van der Waals surface area (Å²) < 4.78 is 0. The van der Waals surface area contributed by atoms with E-state index < -0.39 is 0 Å². The number of benzene rings is 1. The lowest BCUT2D eigenvalue weighted by Gasteiger charge is -2.11. The van der Waals surface area contributed by atoms with Crippen molar-refractivity contribution >= 4 is 12.6 Å². The van der Waals surface area contributed by atoms with Crippen LogP contribution in [0.4, 0.5) is 0 Å². The molecule has 12 heavy (non-hydrogen) atoms. The van der Waals surface area contributed by atoms with Gasteiger partial charge in [-0.3, -0.25) is 0 Å². The van der Waals surface area contributed by atoms with E-state index in [-0.39, 0.29) is 0 Å². The molecule has 1 N–H and O–H groups in total. The smallest absolute Gasteiger partial charge is 0.120 e. The normalized spacial score (nSPS) is 10.7. The Labute approximate surface area is 78.2 Å². The fourth-order valence-electron chi connectivity index (χ4n) is 1.04. The summed E-state index contributed by atoms with van der Waals surface area (Å²) in [4.78, 5) is 2.88. The van der Waals surface area contributed by atoms with E-state index in [1.165, 1.54) is 0 Å².